The van der Waals surface area contributed by atoms with Crippen LogP contribution in [-0.4, -0.2) is 20.7 Å². The molecule has 2 aromatic rings. The normalized spacial score (nSPS) is 31.4. The van der Waals surface area contributed by atoms with Gasteiger partial charge in [-0.15, -0.1) is 0 Å². The molecule has 2 heterocycles. The molecule has 0 aliphatic heterocycles. The average molecular weight is 290 g/mol. The SMILES string of the molecule is CC1(C)C2CCC1(c1nc3ncc(Cl)cc3[nH]1)C(=O)C2. The van der Waals surface area contributed by atoms with Gasteiger partial charge in [0.15, 0.2) is 5.65 Å². The number of ketones is 1. The van der Waals surface area contributed by atoms with Crippen LogP contribution >= 0.6 is 11.6 Å². The number of nitrogens with one attached hydrogen (secondary N) is 1. The predicted molar refractivity (Wildman–Crippen MR) is 76.7 cm³/mol. The number of fused-ring (bicyclic) bond motifs is 3. The van der Waals surface area contributed by atoms with Gasteiger partial charge in [0.05, 0.1) is 16.0 Å². The van der Waals surface area contributed by atoms with Crippen LogP contribution in [-0.2, 0) is 10.2 Å². The van der Waals surface area contributed by atoms with Crippen LogP contribution in [0.5, 0.6) is 0 Å². The molecule has 4 nitrogen and oxygen atoms in total. The van der Waals surface area contributed by atoms with E-state index in [4.69, 9.17) is 11.6 Å². The molecular formula is C15H16ClN3O. The fourth-order valence-corrected chi connectivity index (χ4v) is 4.47. The molecule has 2 fully saturated rings. The van der Waals surface area contributed by atoms with Crippen molar-refractivity contribution in [1.29, 1.82) is 0 Å². The molecule has 0 amide bonds. The monoisotopic (exact) mass is 289 g/mol. The summed E-state index contributed by atoms with van der Waals surface area (Å²) >= 11 is 5.97. The number of aromatic nitrogens is 3. The molecule has 104 valence electrons. The molecule has 2 atom stereocenters. The number of halogens is 1. The van der Waals surface area contributed by atoms with Crippen molar-refractivity contribution in [2.75, 3.05) is 0 Å². The Kier molecular flexibility index (Phi) is 2.23. The molecule has 0 radical (unpaired) electrons. The standard InChI is InChI=1S/C15H16ClN3O/c1-14(2)8-3-4-15(14,11(20)5-8)13-18-10-6-9(16)7-17-12(10)19-13/h6-8H,3-5H2,1-2H3,(H,17,18,19). The van der Waals surface area contributed by atoms with E-state index in [0.29, 0.717) is 28.8 Å². The number of carbonyl (C=O) groups excluding carboxylic acids is 1. The van der Waals surface area contributed by atoms with E-state index in [2.05, 4.69) is 28.8 Å². The van der Waals surface area contributed by atoms with Crippen LogP contribution in [0.1, 0.15) is 38.9 Å². The highest BCUT2D eigenvalue weighted by Crippen LogP contribution is 2.63. The van der Waals surface area contributed by atoms with Crippen LogP contribution in [0.2, 0.25) is 5.02 Å². The molecule has 2 unspecified atom stereocenters. The average Bonchev–Trinajstić information content (AvgIpc) is 2.96. The van der Waals surface area contributed by atoms with Gasteiger partial charge in [-0.3, -0.25) is 4.79 Å². The van der Waals surface area contributed by atoms with E-state index in [1.807, 2.05) is 6.07 Å². The van der Waals surface area contributed by atoms with Crippen molar-refractivity contribution in [2.24, 2.45) is 11.3 Å². The first-order valence-electron chi connectivity index (χ1n) is 7.00. The molecule has 2 aromatic heterocycles. The Hall–Kier alpha value is -1.42. The zero-order valence-corrected chi connectivity index (χ0v) is 12.3. The first kappa shape index (κ1) is 12.3. The van der Waals surface area contributed by atoms with Crippen molar-refractivity contribution in [3.63, 3.8) is 0 Å². The van der Waals surface area contributed by atoms with Gasteiger partial charge >= 0.3 is 0 Å². The first-order valence-corrected chi connectivity index (χ1v) is 7.38. The maximum absolute atomic E-state index is 12.6. The van der Waals surface area contributed by atoms with Crippen LogP contribution in [0.4, 0.5) is 0 Å². The van der Waals surface area contributed by atoms with Crippen LogP contribution in [0.25, 0.3) is 11.2 Å². The Morgan fingerprint density at radius 1 is 1.45 bits per heavy atom. The lowest BCUT2D eigenvalue weighted by atomic mass is 9.68. The van der Waals surface area contributed by atoms with Crippen LogP contribution < -0.4 is 0 Å². The second kappa shape index (κ2) is 3.61. The summed E-state index contributed by atoms with van der Waals surface area (Å²) in [5.74, 6) is 1.57. The topological polar surface area (TPSA) is 58.6 Å². The summed E-state index contributed by atoms with van der Waals surface area (Å²) in [5, 5.41) is 0.575. The number of imidazole rings is 1. The molecule has 2 saturated carbocycles. The number of rotatable bonds is 1. The fourth-order valence-electron chi connectivity index (χ4n) is 4.31. The lowest BCUT2D eigenvalue weighted by Gasteiger charge is -2.34. The van der Waals surface area contributed by atoms with Crippen LogP contribution in [0.3, 0.4) is 0 Å². The Labute approximate surface area is 121 Å². The molecule has 1 N–H and O–H groups in total. The van der Waals surface area contributed by atoms with Gasteiger partial charge in [-0.2, -0.15) is 0 Å². The van der Waals surface area contributed by atoms with Gasteiger partial charge < -0.3 is 4.98 Å². The van der Waals surface area contributed by atoms with Gasteiger partial charge in [0.25, 0.3) is 0 Å². The highest BCUT2D eigenvalue weighted by atomic mass is 35.5. The minimum Gasteiger partial charge on any atom is -0.340 e. The van der Waals surface area contributed by atoms with E-state index < -0.39 is 5.41 Å². The molecular weight excluding hydrogens is 274 g/mol. The number of nitrogens with zero attached hydrogens (tertiary/aromatic N) is 2. The Morgan fingerprint density at radius 2 is 2.25 bits per heavy atom. The summed E-state index contributed by atoms with van der Waals surface area (Å²) in [7, 11) is 0. The molecule has 2 bridgehead atoms. The minimum absolute atomic E-state index is 0.0399. The molecule has 0 spiro atoms. The third-order valence-corrected chi connectivity index (χ3v) is 5.81. The van der Waals surface area contributed by atoms with Crippen molar-refractivity contribution in [1.82, 2.24) is 15.0 Å². The smallest absolute Gasteiger partial charge is 0.177 e. The summed E-state index contributed by atoms with van der Waals surface area (Å²) in [4.78, 5) is 24.8. The summed E-state index contributed by atoms with van der Waals surface area (Å²) < 4.78 is 0. The van der Waals surface area contributed by atoms with Crippen molar-refractivity contribution >= 4 is 28.5 Å². The van der Waals surface area contributed by atoms with Gasteiger partial charge in [0, 0.05) is 12.6 Å². The van der Waals surface area contributed by atoms with Gasteiger partial charge in [0.2, 0.25) is 0 Å². The number of H-pyrrole nitrogens is 1. The van der Waals surface area contributed by atoms with E-state index in [9.17, 15) is 4.79 Å². The number of Topliss-reactive ketones (excluding diaryl/α,β-unsaturated/α-hetero) is 1. The molecule has 2 aliphatic rings. The fraction of sp³-hybridized carbons (Fsp3) is 0.533. The van der Waals surface area contributed by atoms with E-state index in [1.54, 1.807) is 6.20 Å². The van der Waals surface area contributed by atoms with Gasteiger partial charge in [-0.05, 0) is 30.2 Å². The van der Waals surface area contributed by atoms with Gasteiger partial charge in [-0.25, -0.2) is 9.97 Å². The Bertz CT molecular complexity index is 736. The minimum atomic E-state index is -0.467. The highest BCUT2D eigenvalue weighted by Gasteiger charge is 2.66. The maximum atomic E-state index is 12.6. The number of pyridine rings is 1. The third-order valence-electron chi connectivity index (χ3n) is 5.60. The summed E-state index contributed by atoms with van der Waals surface area (Å²) in [5.41, 5.74) is 0.936. The number of hydrogen-bond acceptors (Lipinski definition) is 3. The number of aromatic amines is 1. The zero-order chi connectivity index (χ0) is 14.1. The van der Waals surface area contributed by atoms with Gasteiger partial charge in [0.1, 0.15) is 11.6 Å². The molecule has 0 saturated heterocycles. The second-order valence-electron chi connectivity index (χ2n) is 6.60. The van der Waals surface area contributed by atoms with E-state index >= 15 is 0 Å². The summed E-state index contributed by atoms with van der Waals surface area (Å²) in [6.07, 6.45) is 4.25. The van der Waals surface area contributed by atoms with Crippen molar-refractivity contribution in [2.45, 2.75) is 38.5 Å². The molecule has 5 heteroatoms. The molecule has 20 heavy (non-hydrogen) atoms. The van der Waals surface area contributed by atoms with E-state index in [1.165, 1.54) is 0 Å². The second-order valence-corrected chi connectivity index (χ2v) is 7.04. The van der Waals surface area contributed by atoms with E-state index in [-0.39, 0.29) is 5.41 Å². The quantitative estimate of drug-likeness (QED) is 0.876. The lowest BCUT2D eigenvalue weighted by molar-refractivity contribution is -0.124. The third kappa shape index (κ3) is 1.26. The van der Waals surface area contributed by atoms with E-state index in [0.717, 1.165) is 24.2 Å². The van der Waals surface area contributed by atoms with Crippen LogP contribution in [0.15, 0.2) is 12.3 Å². The Morgan fingerprint density at radius 3 is 2.90 bits per heavy atom. The van der Waals surface area contributed by atoms with Crippen molar-refractivity contribution in [3.05, 3.63) is 23.1 Å². The van der Waals surface area contributed by atoms with Crippen LogP contribution in [0, 0.1) is 11.3 Å². The zero-order valence-electron chi connectivity index (χ0n) is 11.5. The molecule has 0 aromatic carbocycles. The summed E-state index contributed by atoms with van der Waals surface area (Å²) in [6, 6.07) is 1.82. The maximum Gasteiger partial charge on any atom is 0.177 e. The number of carbonyl (C=O) groups is 1. The highest BCUT2D eigenvalue weighted by molar-refractivity contribution is 6.31. The summed E-state index contributed by atoms with van der Waals surface area (Å²) in [6.45, 7) is 4.40. The number of hydrogen-bond donors (Lipinski definition) is 1. The lowest BCUT2D eigenvalue weighted by Crippen LogP contribution is -2.41. The Balaban J connectivity index is 1.95. The predicted octanol–water partition coefficient (Wildman–Crippen LogP) is 3.26. The molecule has 4 rings (SSSR count). The van der Waals surface area contributed by atoms with Crippen molar-refractivity contribution < 1.29 is 4.79 Å². The van der Waals surface area contributed by atoms with Crippen molar-refractivity contribution in [3.8, 4) is 0 Å². The first-order chi connectivity index (χ1) is 9.45. The largest absolute Gasteiger partial charge is 0.340 e. The van der Waals surface area contributed by atoms with Gasteiger partial charge in [-0.1, -0.05) is 25.4 Å². The molecule has 2 aliphatic carbocycles.